The minimum absolute atomic E-state index is 0.871. The van der Waals surface area contributed by atoms with Crippen molar-refractivity contribution in [3.8, 4) is 60.0 Å². The first-order valence-electron chi connectivity index (χ1n) is 13.9. The van der Waals surface area contributed by atoms with Gasteiger partial charge in [0.15, 0.2) is 0 Å². The predicted molar refractivity (Wildman–Crippen MR) is 173 cm³/mol. The van der Waals surface area contributed by atoms with Gasteiger partial charge in [-0.05, 0) is 106 Å². The molecule has 0 radical (unpaired) electrons. The molecule has 1 aliphatic carbocycles. The molecule has 1 heterocycles. The number of ether oxygens (including phenoxy) is 1. The topological polar surface area (TPSA) is 9.23 Å². The average molecular weight is 545 g/mol. The fourth-order valence-corrected chi connectivity index (χ4v) is 7.16. The minimum atomic E-state index is 0.871. The molecular weight excluding hydrogens is 516 g/mol. The molecule has 0 spiro atoms. The summed E-state index contributed by atoms with van der Waals surface area (Å²) in [5.41, 5.74) is 12.3. The highest BCUT2D eigenvalue weighted by atomic mass is 32.1. The van der Waals surface area contributed by atoms with E-state index in [2.05, 4.69) is 133 Å². The van der Waals surface area contributed by atoms with E-state index in [-0.39, 0.29) is 0 Å². The maximum Gasteiger partial charge on any atom is 0.118 e. The Bertz CT molecular complexity index is 1770. The Balaban J connectivity index is 1.55. The second-order valence-corrected chi connectivity index (χ2v) is 11.2. The molecule has 0 fully saturated rings. The third-order valence-electron chi connectivity index (χ3n) is 7.74. The van der Waals surface area contributed by atoms with Crippen molar-refractivity contribution in [2.24, 2.45) is 0 Å². The molecule has 6 aromatic rings. The van der Waals surface area contributed by atoms with Gasteiger partial charge in [-0.1, -0.05) is 91.0 Å². The summed E-state index contributed by atoms with van der Waals surface area (Å²) in [6, 6.07) is 47.4. The molecule has 0 aliphatic heterocycles. The molecule has 1 aromatic heterocycles. The summed E-state index contributed by atoms with van der Waals surface area (Å²) in [4.78, 5) is 2.63. The zero-order valence-electron chi connectivity index (χ0n) is 22.9. The second kappa shape index (κ2) is 11.0. The molecule has 196 valence electrons. The van der Waals surface area contributed by atoms with Gasteiger partial charge in [0.25, 0.3) is 0 Å². The maximum absolute atomic E-state index is 5.45. The normalized spacial score (nSPS) is 12.0. The Morgan fingerprint density at radius 3 is 2.12 bits per heavy atom. The Morgan fingerprint density at radius 2 is 1.41 bits per heavy atom. The Labute approximate surface area is 246 Å². The number of allylic oxidation sites excluding steroid dienone is 1. The van der Waals surface area contributed by atoms with E-state index in [0.717, 1.165) is 24.2 Å². The van der Waals surface area contributed by atoms with Crippen LogP contribution >= 0.6 is 11.3 Å². The van der Waals surface area contributed by atoms with Crippen molar-refractivity contribution < 1.29 is 4.74 Å². The van der Waals surface area contributed by atoms with Crippen LogP contribution in [0, 0.1) is 12.1 Å². The van der Waals surface area contributed by atoms with Crippen molar-refractivity contribution in [1.82, 2.24) is 0 Å². The second-order valence-electron chi connectivity index (χ2n) is 10.2. The lowest BCUT2D eigenvalue weighted by molar-refractivity contribution is 0.415. The average Bonchev–Trinajstić information content (AvgIpc) is 3.45. The third kappa shape index (κ3) is 4.76. The quantitative estimate of drug-likeness (QED) is 0.203. The lowest BCUT2D eigenvalue weighted by Gasteiger charge is -2.19. The Kier molecular flexibility index (Phi) is 6.73. The van der Waals surface area contributed by atoms with E-state index >= 15 is 0 Å². The van der Waals surface area contributed by atoms with Crippen LogP contribution in [0.25, 0.3) is 60.3 Å². The largest absolute Gasteiger partial charge is 0.497 e. The van der Waals surface area contributed by atoms with Gasteiger partial charge >= 0.3 is 0 Å². The molecular formula is C39H28OS. The summed E-state index contributed by atoms with van der Waals surface area (Å²) in [7, 11) is 1.71. The van der Waals surface area contributed by atoms with Crippen molar-refractivity contribution in [1.29, 1.82) is 0 Å². The molecule has 41 heavy (non-hydrogen) atoms. The van der Waals surface area contributed by atoms with Crippen molar-refractivity contribution in [2.75, 3.05) is 7.11 Å². The molecule has 0 amide bonds. The van der Waals surface area contributed by atoms with E-state index in [1.165, 1.54) is 59.8 Å². The lowest BCUT2D eigenvalue weighted by Crippen LogP contribution is -1.96. The summed E-state index contributed by atoms with van der Waals surface area (Å²) in [6.07, 6.45) is 6.69. The van der Waals surface area contributed by atoms with E-state index in [9.17, 15) is 0 Å². The molecule has 1 aliphatic rings. The summed E-state index contributed by atoms with van der Waals surface area (Å²) >= 11 is 1.90. The van der Waals surface area contributed by atoms with Crippen molar-refractivity contribution in [2.45, 2.75) is 12.8 Å². The number of hydrogen-bond donors (Lipinski definition) is 0. The van der Waals surface area contributed by atoms with Gasteiger partial charge in [-0.2, -0.15) is 0 Å². The zero-order valence-corrected chi connectivity index (χ0v) is 23.7. The monoisotopic (exact) mass is 544 g/mol. The van der Waals surface area contributed by atoms with Crippen LogP contribution < -0.4 is 4.74 Å². The van der Waals surface area contributed by atoms with Crippen LogP contribution in [-0.2, 0) is 6.42 Å². The van der Waals surface area contributed by atoms with Gasteiger partial charge in [-0.25, -0.2) is 0 Å². The molecule has 0 atom stereocenters. The van der Waals surface area contributed by atoms with Gasteiger partial charge in [0.2, 0.25) is 0 Å². The molecule has 0 unspecified atom stereocenters. The minimum Gasteiger partial charge on any atom is -0.497 e. The van der Waals surface area contributed by atoms with Crippen LogP contribution in [0.1, 0.15) is 17.5 Å². The van der Waals surface area contributed by atoms with Crippen LogP contribution in [0.2, 0.25) is 0 Å². The first-order chi connectivity index (χ1) is 20.3. The fourth-order valence-electron chi connectivity index (χ4n) is 5.74. The van der Waals surface area contributed by atoms with Crippen LogP contribution in [0.5, 0.6) is 5.75 Å². The van der Waals surface area contributed by atoms with Gasteiger partial charge in [-0.3, -0.25) is 0 Å². The molecule has 2 heteroatoms. The summed E-state index contributed by atoms with van der Waals surface area (Å²) in [6.45, 7) is 0. The smallest absolute Gasteiger partial charge is 0.118 e. The van der Waals surface area contributed by atoms with Gasteiger partial charge in [-0.15, -0.1) is 11.3 Å². The van der Waals surface area contributed by atoms with Crippen molar-refractivity contribution >= 4 is 17.4 Å². The Hall–Kier alpha value is -4.84. The predicted octanol–water partition coefficient (Wildman–Crippen LogP) is 10.7. The molecule has 7 rings (SSSR count). The number of hydrogen-bond acceptors (Lipinski definition) is 2. The van der Waals surface area contributed by atoms with Crippen LogP contribution in [0.4, 0.5) is 0 Å². The summed E-state index contributed by atoms with van der Waals surface area (Å²) in [5.74, 6) is 0.871. The number of fused-ring (bicyclic) bond motifs is 1. The lowest BCUT2D eigenvalue weighted by atomic mass is 9.85. The molecule has 5 aromatic carbocycles. The number of rotatable bonds is 6. The Morgan fingerprint density at radius 1 is 0.683 bits per heavy atom. The highest BCUT2D eigenvalue weighted by molar-refractivity contribution is 7.19. The molecule has 0 N–H and O–H groups in total. The first-order valence-corrected chi connectivity index (χ1v) is 14.8. The number of benzene rings is 4. The van der Waals surface area contributed by atoms with E-state index in [0.29, 0.717) is 0 Å². The van der Waals surface area contributed by atoms with Gasteiger partial charge in [0.05, 0.1) is 7.11 Å². The van der Waals surface area contributed by atoms with E-state index in [1.807, 2.05) is 17.4 Å². The fraction of sp³-hybridized carbons (Fsp3) is 0.0769. The van der Waals surface area contributed by atoms with Crippen LogP contribution in [0.3, 0.4) is 0 Å². The van der Waals surface area contributed by atoms with Gasteiger partial charge in [0.1, 0.15) is 5.75 Å². The van der Waals surface area contributed by atoms with E-state index < -0.39 is 0 Å². The summed E-state index contributed by atoms with van der Waals surface area (Å²) in [5, 5.41) is 0. The molecule has 0 bridgehead atoms. The molecule has 0 saturated carbocycles. The van der Waals surface area contributed by atoms with Crippen molar-refractivity contribution in [3.05, 3.63) is 145 Å². The molecule has 1 nitrogen and oxygen atoms in total. The van der Waals surface area contributed by atoms with Crippen LogP contribution in [0.15, 0.2) is 121 Å². The standard InChI is InChI=1S/C39H28OS/c1-40-32-23-21-30(22-24-32)38-33-19-11-12-20-34(33)39(41-38)37-35(28-15-7-3-8-16-28)25-31(27-13-5-2-6-14-27)26-36(37)29-17-9-4-10-18-29/h2-9,11,13-17,19,21-26H,12,20H2,1H3. The third-order valence-corrected chi connectivity index (χ3v) is 9.06. The summed E-state index contributed by atoms with van der Waals surface area (Å²) < 4.78 is 5.45. The zero-order chi connectivity index (χ0) is 27.6. The number of methoxy groups -OCH3 is 1. The highest BCUT2D eigenvalue weighted by Gasteiger charge is 2.25. The molecule has 0 saturated heterocycles. The SMILES string of the molecule is COc1ccc(-c2sc(-c3c(-c4c#cccc4)cc(-c4ccccc4)cc3-c3ccccc3)c3c2C=CCC3)cc1. The van der Waals surface area contributed by atoms with E-state index in [1.54, 1.807) is 7.11 Å². The van der Waals surface area contributed by atoms with E-state index in [4.69, 9.17) is 4.74 Å². The van der Waals surface area contributed by atoms with Crippen molar-refractivity contribution in [3.63, 3.8) is 0 Å². The van der Waals surface area contributed by atoms with Gasteiger partial charge < -0.3 is 4.74 Å². The number of thiophene rings is 1. The highest BCUT2D eigenvalue weighted by Crippen LogP contribution is 2.51. The first kappa shape index (κ1) is 25.1. The van der Waals surface area contributed by atoms with Gasteiger partial charge in [0, 0.05) is 20.9 Å². The van der Waals surface area contributed by atoms with Crippen LogP contribution in [-0.4, -0.2) is 7.11 Å². The maximum atomic E-state index is 5.45.